The number of rotatable bonds is 8. The van der Waals surface area contributed by atoms with E-state index in [1.165, 1.54) is 17.3 Å². The molecule has 0 aromatic heterocycles. The SMILES string of the molecule is CCOc1cc(/C=C2\SC(Nc3ccc(CC)cc3)NC2=O)cc(I)c1OCC. The van der Waals surface area contributed by atoms with Gasteiger partial charge in [-0.15, -0.1) is 0 Å². The third-order valence-electron chi connectivity index (χ3n) is 4.31. The minimum absolute atomic E-state index is 0.0838. The highest BCUT2D eigenvalue weighted by Gasteiger charge is 2.27. The molecule has 1 atom stereocenters. The average molecular weight is 524 g/mol. The Labute approximate surface area is 189 Å². The van der Waals surface area contributed by atoms with Crippen molar-refractivity contribution in [1.29, 1.82) is 0 Å². The van der Waals surface area contributed by atoms with E-state index in [-0.39, 0.29) is 11.4 Å². The van der Waals surface area contributed by atoms with E-state index in [0.717, 1.165) is 27.0 Å². The summed E-state index contributed by atoms with van der Waals surface area (Å²) in [7, 11) is 0. The van der Waals surface area contributed by atoms with Gasteiger partial charge in [0.15, 0.2) is 17.0 Å². The first-order valence-electron chi connectivity index (χ1n) is 9.67. The molecule has 0 saturated carbocycles. The molecule has 1 saturated heterocycles. The molecule has 1 aliphatic heterocycles. The van der Waals surface area contributed by atoms with Crippen molar-refractivity contribution in [1.82, 2.24) is 5.32 Å². The highest BCUT2D eigenvalue weighted by molar-refractivity contribution is 14.1. The Kier molecular flexibility index (Phi) is 7.71. The van der Waals surface area contributed by atoms with Crippen molar-refractivity contribution in [2.45, 2.75) is 32.7 Å². The van der Waals surface area contributed by atoms with E-state index < -0.39 is 0 Å². The van der Waals surface area contributed by atoms with Gasteiger partial charge in [0.2, 0.25) is 0 Å². The zero-order valence-corrected chi connectivity index (χ0v) is 19.7. The number of aryl methyl sites for hydroxylation is 1. The standard InChI is InChI=1S/C22H25IN2O3S/c1-4-14-7-9-16(10-8-14)24-22-25-21(26)19(29-22)13-15-11-17(23)20(28-6-3)18(12-15)27-5-2/h7-13,22,24H,4-6H2,1-3H3,(H,25,26)/b19-13-. The monoisotopic (exact) mass is 524 g/mol. The lowest BCUT2D eigenvalue weighted by molar-refractivity contribution is -0.116. The molecular formula is C22H25IN2O3S. The van der Waals surface area contributed by atoms with E-state index >= 15 is 0 Å². The zero-order chi connectivity index (χ0) is 20.8. The maximum Gasteiger partial charge on any atom is 0.260 e. The fourth-order valence-electron chi connectivity index (χ4n) is 2.92. The van der Waals surface area contributed by atoms with Crippen molar-refractivity contribution in [3.63, 3.8) is 0 Å². The predicted molar refractivity (Wildman–Crippen MR) is 128 cm³/mol. The molecule has 29 heavy (non-hydrogen) atoms. The summed E-state index contributed by atoms with van der Waals surface area (Å²) in [6, 6.07) is 12.2. The van der Waals surface area contributed by atoms with Gasteiger partial charge in [0.05, 0.1) is 21.7 Å². The van der Waals surface area contributed by atoms with Crippen molar-refractivity contribution in [3.8, 4) is 11.5 Å². The summed E-state index contributed by atoms with van der Waals surface area (Å²) in [5.74, 6) is 1.36. The van der Waals surface area contributed by atoms with Crippen molar-refractivity contribution in [2.24, 2.45) is 0 Å². The topological polar surface area (TPSA) is 59.6 Å². The molecule has 1 unspecified atom stereocenters. The van der Waals surface area contributed by atoms with Crippen LogP contribution in [0.4, 0.5) is 5.69 Å². The van der Waals surface area contributed by atoms with Crippen molar-refractivity contribution in [2.75, 3.05) is 18.5 Å². The molecule has 7 heteroatoms. The largest absolute Gasteiger partial charge is 0.490 e. The third kappa shape index (κ3) is 5.60. The molecule has 5 nitrogen and oxygen atoms in total. The number of amides is 1. The van der Waals surface area contributed by atoms with Crippen LogP contribution < -0.4 is 20.1 Å². The highest BCUT2D eigenvalue weighted by atomic mass is 127. The quantitative estimate of drug-likeness (QED) is 0.365. The van der Waals surface area contributed by atoms with Gasteiger partial charge in [0.25, 0.3) is 5.91 Å². The van der Waals surface area contributed by atoms with Crippen molar-refractivity contribution in [3.05, 3.63) is 56.0 Å². The zero-order valence-electron chi connectivity index (χ0n) is 16.8. The lowest BCUT2D eigenvalue weighted by Gasteiger charge is -2.14. The molecule has 2 aromatic carbocycles. The second-order valence-corrected chi connectivity index (χ2v) is 8.68. The highest BCUT2D eigenvalue weighted by Crippen LogP contribution is 2.36. The third-order valence-corrected chi connectivity index (χ3v) is 6.14. The Morgan fingerprint density at radius 2 is 1.86 bits per heavy atom. The minimum Gasteiger partial charge on any atom is -0.490 e. The number of nitrogens with one attached hydrogen (secondary N) is 2. The number of hydrogen-bond donors (Lipinski definition) is 2. The van der Waals surface area contributed by atoms with Crippen LogP contribution in [0.2, 0.25) is 0 Å². The molecule has 0 aliphatic carbocycles. The Morgan fingerprint density at radius 3 is 2.52 bits per heavy atom. The normalized spacial score (nSPS) is 17.3. The first-order valence-corrected chi connectivity index (χ1v) is 11.6. The first-order chi connectivity index (χ1) is 14.0. The Balaban J connectivity index is 1.76. The minimum atomic E-state index is -0.200. The summed E-state index contributed by atoms with van der Waals surface area (Å²) < 4.78 is 12.4. The Bertz CT molecular complexity index is 900. The van der Waals surface area contributed by atoms with Gasteiger partial charge >= 0.3 is 0 Å². The lowest BCUT2D eigenvalue weighted by Crippen LogP contribution is -2.30. The molecule has 0 spiro atoms. The molecular weight excluding hydrogens is 499 g/mol. The number of halogens is 1. The second kappa shape index (κ2) is 10.2. The number of carbonyl (C=O) groups excluding carboxylic acids is 1. The van der Waals surface area contributed by atoms with Crippen LogP contribution in [-0.4, -0.2) is 24.6 Å². The summed E-state index contributed by atoms with van der Waals surface area (Å²) in [6.07, 6.45) is 2.90. The van der Waals surface area contributed by atoms with Crippen LogP contribution in [0, 0.1) is 3.57 Å². The summed E-state index contributed by atoms with van der Waals surface area (Å²) in [6.45, 7) is 7.14. The molecule has 154 valence electrons. The molecule has 3 rings (SSSR count). The number of anilines is 1. The van der Waals surface area contributed by atoms with Crippen LogP contribution >= 0.6 is 34.4 Å². The molecule has 1 amide bonds. The van der Waals surface area contributed by atoms with Gasteiger partial charge < -0.3 is 20.1 Å². The van der Waals surface area contributed by atoms with Gasteiger partial charge in [-0.05, 0) is 84.3 Å². The number of ether oxygens (including phenoxy) is 2. The van der Waals surface area contributed by atoms with Crippen LogP contribution in [0.5, 0.6) is 11.5 Å². The van der Waals surface area contributed by atoms with E-state index in [1.807, 2.05) is 44.2 Å². The Hall–Kier alpha value is -1.87. The fourth-order valence-corrected chi connectivity index (χ4v) is 4.69. The van der Waals surface area contributed by atoms with Crippen LogP contribution in [-0.2, 0) is 11.2 Å². The smallest absolute Gasteiger partial charge is 0.260 e. The van der Waals surface area contributed by atoms with Gasteiger partial charge in [0.1, 0.15) is 0 Å². The van der Waals surface area contributed by atoms with Gasteiger partial charge in [0, 0.05) is 5.69 Å². The number of hydrogen-bond acceptors (Lipinski definition) is 5. The number of thioether (sulfide) groups is 1. The molecule has 1 fully saturated rings. The van der Waals surface area contributed by atoms with Gasteiger partial charge in [-0.2, -0.15) is 0 Å². The fraction of sp³-hybridized carbons (Fsp3) is 0.318. The first kappa shape index (κ1) is 21.8. The van der Waals surface area contributed by atoms with Crippen LogP contribution in [0.3, 0.4) is 0 Å². The van der Waals surface area contributed by atoms with Gasteiger partial charge in [-0.1, -0.05) is 30.8 Å². The lowest BCUT2D eigenvalue weighted by atomic mass is 10.1. The number of carbonyl (C=O) groups is 1. The number of benzene rings is 2. The summed E-state index contributed by atoms with van der Waals surface area (Å²) in [4.78, 5) is 13.1. The van der Waals surface area contributed by atoms with Crippen molar-refractivity contribution < 1.29 is 14.3 Å². The van der Waals surface area contributed by atoms with E-state index in [1.54, 1.807) is 0 Å². The molecule has 0 radical (unpaired) electrons. The summed E-state index contributed by atoms with van der Waals surface area (Å²) in [5.41, 5.74) is 2.98. The van der Waals surface area contributed by atoms with Crippen LogP contribution in [0.15, 0.2) is 41.3 Å². The molecule has 1 heterocycles. The maximum atomic E-state index is 12.4. The van der Waals surface area contributed by atoms with Crippen molar-refractivity contribution >= 4 is 52.0 Å². The molecule has 2 N–H and O–H groups in total. The van der Waals surface area contributed by atoms with Gasteiger partial charge in [-0.3, -0.25) is 4.79 Å². The van der Waals surface area contributed by atoms with Gasteiger partial charge in [-0.25, -0.2) is 0 Å². The average Bonchev–Trinajstić information content (AvgIpc) is 3.04. The van der Waals surface area contributed by atoms with E-state index in [2.05, 4.69) is 52.3 Å². The van der Waals surface area contributed by atoms with E-state index in [4.69, 9.17) is 9.47 Å². The van der Waals surface area contributed by atoms with Crippen LogP contribution in [0.25, 0.3) is 6.08 Å². The molecule has 1 aliphatic rings. The second-order valence-electron chi connectivity index (χ2n) is 6.37. The van der Waals surface area contributed by atoms with Crippen LogP contribution in [0.1, 0.15) is 31.9 Å². The maximum absolute atomic E-state index is 12.4. The summed E-state index contributed by atoms with van der Waals surface area (Å²) >= 11 is 3.71. The predicted octanol–water partition coefficient (Wildman–Crippen LogP) is 5.25. The molecule has 0 bridgehead atoms. The van der Waals surface area contributed by atoms with E-state index in [0.29, 0.717) is 23.9 Å². The van der Waals surface area contributed by atoms with E-state index in [9.17, 15) is 4.79 Å². The summed E-state index contributed by atoms with van der Waals surface area (Å²) in [5, 5.41) is 6.33. The Morgan fingerprint density at radius 1 is 1.14 bits per heavy atom. The molecule has 2 aromatic rings.